The smallest absolute Gasteiger partial charge is 0.249 e. The fraction of sp³-hybridized carbons (Fsp3) is 0.240. The van der Waals surface area contributed by atoms with Crippen LogP contribution in [0.3, 0.4) is 0 Å². The fourth-order valence-corrected chi connectivity index (χ4v) is 6.45. The molecule has 0 spiro atoms. The number of fused-ring (bicyclic) bond motifs is 10. The predicted octanol–water partition coefficient (Wildman–Crippen LogP) is 4.82. The maximum atomic E-state index is 12.5. The Morgan fingerprint density at radius 1 is 0.743 bits per heavy atom. The molecule has 0 aliphatic heterocycles. The van der Waals surface area contributed by atoms with Crippen LogP contribution in [0.5, 0.6) is 23.5 Å². The molecule has 1 aromatic carbocycles. The summed E-state index contributed by atoms with van der Waals surface area (Å²) in [5.41, 5.74) is 11.8. The van der Waals surface area contributed by atoms with Crippen LogP contribution in [-0.4, -0.2) is 35.5 Å². The summed E-state index contributed by atoms with van der Waals surface area (Å²) in [7, 11) is 0. The van der Waals surface area contributed by atoms with E-state index in [0.717, 1.165) is 12.8 Å². The van der Waals surface area contributed by atoms with Gasteiger partial charge in [-0.1, -0.05) is 24.3 Å². The second-order valence-electron chi connectivity index (χ2n) is 9.52. The summed E-state index contributed by atoms with van der Waals surface area (Å²) in [6, 6.07) is 4.32. The lowest BCUT2D eigenvalue weighted by molar-refractivity contribution is 0.1000. The van der Waals surface area contributed by atoms with Crippen LogP contribution < -0.4 is 0 Å². The number of benzene rings is 1. The first kappa shape index (κ1) is 19.9. The highest BCUT2D eigenvalue weighted by Gasteiger charge is 2.43. The number of aromatic hydroxyl groups is 4. The average molecular weight is 469 g/mol. The molecule has 4 N–H and O–H groups in total. The van der Waals surface area contributed by atoms with Crippen LogP contribution >= 0.6 is 0 Å². The van der Waals surface area contributed by atoms with Crippen molar-refractivity contribution in [1.29, 1.82) is 0 Å². The van der Waals surface area contributed by atoms with Gasteiger partial charge in [0.1, 0.15) is 0 Å². The topological polar surface area (TPSA) is 157 Å². The Labute approximate surface area is 197 Å². The van der Waals surface area contributed by atoms with Gasteiger partial charge in [-0.2, -0.15) is 0 Å². The van der Waals surface area contributed by atoms with Crippen LogP contribution in [0.2, 0.25) is 0 Å². The van der Waals surface area contributed by atoms with Crippen LogP contribution in [0.15, 0.2) is 47.6 Å². The van der Waals surface area contributed by atoms with Crippen molar-refractivity contribution in [2.75, 3.05) is 0 Å². The molecule has 2 aromatic heterocycles. The summed E-state index contributed by atoms with van der Waals surface area (Å²) in [4.78, 5) is 15.1. The molecule has 174 valence electrons. The Morgan fingerprint density at radius 3 is 1.46 bits per heavy atom. The molecule has 2 heterocycles. The van der Waals surface area contributed by atoms with Crippen LogP contribution in [0, 0.1) is 0 Å². The Hall–Kier alpha value is -4.56. The lowest BCUT2D eigenvalue weighted by Gasteiger charge is -2.15. The minimum Gasteiger partial charge on any atom is -0.494 e. The molecule has 0 saturated heterocycles. The first-order valence-corrected chi connectivity index (χ1v) is 11.3. The van der Waals surface area contributed by atoms with Gasteiger partial charge in [0.2, 0.25) is 29.4 Å². The summed E-state index contributed by atoms with van der Waals surface area (Å²) in [6.07, 6.45) is 9.60. The van der Waals surface area contributed by atoms with Gasteiger partial charge in [0.05, 0.1) is 11.4 Å². The molecule has 0 fully saturated rings. The van der Waals surface area contributed by atoms with E-state index in [1.807, 2.05) is 24.3 Å². The number of carbonyl (C=O) groups is 1. The Morgan fingerprint density at radius 2 is 1.11 bits per heavy atom. The zero-order chi connectivity index (χ0) is 24.2. The van der Waals surface area contributed by atoms with E-state index in [0.29, 0.717) is 22.3 Å². The van der Waals surface area contributed by atoms with Gasteiger partial charge in [0.15, 0.2) is 0 Å². The average Bonchev–Trinajstić information content (AvgIpc) is 3.67. The van der Waals surface area contributed by atoms with E-state index in [9.17, 15) is 25.2 Å². The summed E-state index contributed by atoms with van der Waals surface area (Å²) >= 11 is 0. The summed E-state index contributed by atoms with van der Waals surface area (Å²) in [5.74, 6) is -1.44. The van der Waals surface area contributed by atoms with Crippen molar-refractivity contribution in [3.8, 4) is 34.9 Å². The third-order valence-corrected chi connectivity index (χ3v) is 7.84. The fourth-order valence-electron chi connectivity index (χ4n) is 6.45. The maximum Gasteiger partial charge on any atom is 0.249 e. The quantitative estimate of drug-likeness (QED) is 0.187. The van der Waals surface area contributed by atoms with Crippen molar-refractivity contribution in [1.82, 2.24) is 9.13 Å². The Kier molecular flexibility index (Phi) is 3.70. The van der Waals surface area contributed by atoms with Crippen LogP contribution in [0.4, 0.5) is 0 Å². The summed E-state index contributed by atoms with van der Waals surface area (Å²) in [5, 5.41) is 47.5. The molecular formula is C25H19N5O5. The number of aromatic nitrogens is 2. The largest absolute Gasteiger partial charge is 0.494 e. The van der Waals surface area contributed by atoms with Gasteiger partial charge in [-0.05, 0) is 41.7 Å². The molecule has 0 radical (unpaired) electrons. The molecule has 7 rings (SSSR count). The van der Waals surface area contributed by atoms with Crippen LogP contribution in [-0.2, 0) is 0 Å². The van der Waals surface area contributed by atoms with Crippen molar-refractivity contribution in [3.05, 3.63) is 80.8 Å². The molecular weight excluding hydrogens is 450 g/mol. The Balaban J connectivity index is 1.46. The SMILES string of the molecule is [N-]=[N+]=NC(=O)c1cc(-n2c(O)c3c(c2O)C2C=CC3C2)cc(-n2c(O)c3c(c2O)C2C=CC3C2)c1. The van der Waals surface area contributed by atoms with E-state index in [1.54, 1.807) is 6.07 Å². The first-order chi connectivity index (χ1) is 16.9. The second-order valence-corrected chi connectivity index (χ2v) is 9.52. The number of azide groups is 1. The molecule has 4 unspecified atom stereocenters. The molecule has 4 aliphatic rings. The molecule has 1 amide bonds. The summed E-state index contributed by atoms with van der Waals surface area (Å²) in [6.45, 7) is 0. The molecule has 35 heavy (non-hydrogen) atoms. The van der Waals surface area contributed by atoms with E-state index in [4.69, 9.17) is 5.53 Å². The van der Waals surface area contributed by atoms with Crippen molar-refractivity contribution in [2.45, 2.75) is 36.5 Å². The van der Waals surface area contributed by atoms with Crippen molar-refractivity contribution in [3.63, 3.8) is 0 Å². The van der Waals surface area contributed by atoms with Gasteiger partial charge in [-0.15, -0.1) is 0 Å². The highest BCUT2D eigenvalue weighted by Crippen LogP contribution is 2.58. The van der Waals surface area contributed by atoms with Crippen LogP contribution in [0.25, 0.3) is 21.8 Å². The maximum absolute atomic E-state index is 12.5. The predicted molar refractivity (Wildman–Crippen MR) is 124 cm³/mol. The van der Waals surface area contributed by atoms with E-state index in [2.05, 4.69) is 10.0 Å². The monoisotopic (exact) mass is 469 g/mol. The second kappa shape index (κ2) is 6.52. The van der Waals surface area contributed by atoms with Gasteiger partial charge in [-0.25, -0.2) is 0 Å². The normalized spacial score (nSPS) is 24.1. The minimum atomic E-state index is -0.878. The summed E-state index contributed by atoms with van der Waals surface area (Å²) < 4.78 is 2.48. The zero-order valence-corrected chi connectivity index (χ0v) is 18.2. The highest BCUT2D eigenvalue weighted by atomic mass is 16.3. The Bertz CT molecular complexity index is 1430. The van der Waals surface area contributed by atoms with Gasteiger partial charge in [0.25, 0.3) is 0 Å². The molecule has 4 bridgehead atoms. The number of rotatable bonds is 3. The molecule has 4 atom stereocenters. The number of nitrogens with zero attached hydrogens (tertiary/aromatic N) is 5. The van der Waals surface area contributed by atoms with Gasteiger partial charge in [-0.3, -0.25) is 13.9 Å². The number of allylic oxidation sites excluding steroid dienone is 4. The van der Waals surface area contributed by atoms with E-state index in [-0.39, 0.29) is 64.1 Å². The lowest BCUT2D eigenvalue weighted by atomic mass is 10.0. The third-order valence-electron chi connectivity index (χ3n) is 7.84. The minimum absolute atomic E-state index is 0.00175. The van der Waals surface area contributed by atoms with E-state index < -0.39 is 5.91 Å². The lowest BCUT2D eigenvalue weighted by Crippen LogP contribution is -2.04. The molecule has 10 heteroatoms. The number of hydrogen-bond acceptors (Lipinski definition) is 5. The standard InChI is InChI=1S/C25H19N5O5/c26-28-27-21(31)14-7-15(29-22(32)17-10-1-2-11(5-10)18(17)23(29)33)9-16(8-14)30-24(34)19-12-3-4-13(6-12)20(19)25(30)35/h1-4,7-13,32-35H,5-6H2. The van der Waals surface area contributed by atoms with Gasteiger partial charge < -0.3 is 20.4 Å². The van der Waals surface area contributed by atoms with Gasteiger partial charge in [0, 0.05) is 56.4 Å². The van der Waals surface area contributed by atoms with E-state index >= 15 is 0 Å². The molecule has 3 aromatic rings. The zero-order valence-electron chi connectivity index (χ0n) is 18.2. The number of amides is 1. The first-order valence-electron chi connectivity index (χ1n) is 11.3. The number of carbonyl (C=O) groups excluding carboxylic acids is 1. The number of hydrogen-bond donors (Lipinski definition) is 4. The van der Waals surface area contributed by atoms with Gasteiger partial charge >= 0.3 is 0 Å². The highest BCUT2D eigenvalue weighted by molar-refractivity contribution is 5.96. The molecule has 0 saturated carbocycles. The van der Waals surface area contributed by atoms with Crippen molar-refractivity contribution < 1.29 is 25.2 Å². The third kappa shape index (κ3) is 2.38. The van der Waals surface area contributed by atoms with E-state index in [1.165, 1.54) is 21.3 Å². The van der Waals surface area contributed by atoms with Crippen molar-refractivity contribution >= 4 is 5.91 Å². The van der Waals surface area contributed by atoms with Crippen molar-refractivity contribution in [2.24, 2.45) is 5.11 Å². The molecule has 10 nitrogen and oxygen atoms in total. The van der Waals surface area contributed by atoms with Crippen LogP contribution in [0.1, 0.15) is 69.1 Å². The molecule has 4 aliphatic carbocycles.